The quantitative estimate of drug-likeness (QED) is 0.805. The van der Waals surface area contributed by atoms with Crippen molar-refractivity contribution in [1.29, 1.82) is 0 Å². The Morgan fingerprint density at radius 3 is 2.58 bits per heavy atom. The molecule has 106 valence electrons. The zero-order chi connectivity index (χ0) is 14.0. The standard InChI is InChI=1S/C11H17N3O4S/c1-12-11(15)10-7-9(8-13(10)2)19(16,17)14-3-5-18-6-4-14/h7-8H,3-6H2,1-2H3,(H,12,15). The van der Waals surface area contributed by atoms with Gasteiger partial charge in [0.05, 0.1) is 13.2 Å². The second-order valence-electron chi connectivity index (χ2n) is 4.27. The van der Waals surface area contributed by atoms with E-state index in [0.717, 1.165) is 0 Å². The summed E-state index contributed by atoms with van der Waals surface area (Å²) in [4.78, 5) is 11.7. The van der Waals surface area contributed by atoms with Crippen LogP contribution in [0.15, 0.2) is 17.2 Å². The van der Waals surface area contributed by atoms with Crippen LogP contribution in [0.5, 0.6) is 0 Å². The summed E-state index contributed by atoms with van der Waals surface area (Å²) in [5, 5.41) is 2.48. The number of aromatic nitrogens is 1. The van der Waals surface area contributed by atoms with Crippen LogP contribution in [0.1, 0.15) is 10.5 Å². The van der Waals surface area contributed by atoms with Gasteiger partial charge in [0.1, 0.15) is 10.6 Å². The van der Waals surface area contributed by atoms with Gasteiger partial charge >= 0.3 is 0 Å². The van der Waals surface area contributed by atoms with E-state index in [2.05, 4.69) is 5.32 Å². The summed E-state index contributed by atoms with van der Waals surface area (Å²) in [6.07, 6.45) is 1.45. The molecule has 1 fully saturated rings. The van der Waals surface area contributed by atoms with Crippen LogP contribution in [-0.4, -0.2) is 56.5 Å². The molecule has 1 aliphatic rings. The highest BCUT2D eigenvalue weighted by Gasteiger charge is 2.28. The van der Waals surface area contributed by atoms with Gasteiger partial charge in [0.2, 0.25) is 10.0 Å². The molecule has 1 saturated heterocycles. The Hall–Kier alpha value is -1.38. The Bertz CT molecular complexity index is 573. The summed E-state index contributed by atoms with van der Waals surface area (Å²) >= 11 is 0. The first kappa shape index (κ1) is 14.0. The van der Waals surface area contributed by atoms with Crippen LogP contribution in [0.4, 0.5) is 0 Å². The van der Waals surface area contributed by atoms with E-state index in [4.69, 9.17) is 4.74 Å². The van der Waals surface area contributed by atoms with E-state index in [1.165, 1.54) is 28.2 Å². The number of hydrogen-bond donors (Lipinski definition) is 1. The van der Waals surface area contributed by atoms with Crippen LogP contribution >= 0.6 is 0 Å². The number of aryl methyl sites for hydroxylation is 1. The third-order valence-electron chi connectivity index (χ3n) is 3.05. The number of carbonyl (C=O) groups is 1. The van der Waals surface area contributed by atoms with E-state index >= 15 is 0 Å². The molecule has 0 saturated carbocycles. The van der Waals surface area contributed by atoms with Gasteiger partial charge in [-0.05, 0) is 6.07 Å². The summed E-state index contributed by atoms with van der Waals surface area (Å²) in [7, 11) is -0.406. The van der Waals surface area contributed by atoms with Gasteiger partial charge in [-0.3, -0.25) is 4.79 Å². The molecule has 0 atom stereocenters. The molecule has 0 aliphatic carbocycles. The highest BCUT2D eigenvalue weighted by Crippen LogP contribution is 2.19. The molecule has 8 heteroatoms. The van der Waals surface area contributed by atoms with E-state index in [1.54, 1.807) is 7.05 Å². The molecule has 0 unspecified atom stereocenters. The van der Waals surface area contributed by atoms with E-state index in [0.29, 0.717) is 32.0 Å². The largest absolute Gasteiger partial charge is 0.379 e. The Labute approximate surface area is 112 Å². The molecule has 1 aromatic rings. The first-order valence-electron chi connectivity index (χ1n) is 5.93. The smallest absolute Gasteiger partial charge is 0.267 e. The minimum atomic E-state index is -3.55. The predicted octanol–water partition coefficient (Wildman–Crippen LogP) is -0.594. The maximum atomic E-state index is 12.4. The van der Waals surface area contributed by atoms with Crippen LogP contribution in [0, 0.1) is 0 Å². The minimum absolute atomic E-state index is 0.135. The average Bonchev–Trinajstić information content (AvgIpc) is 2.81. The number of nitrogens with zero attached hydrogens (tertiary/aromatic N) is 2. The fourth-order valence-electron chi connectivity index (χ4n) is 1.97. The van der Waals surface area contributed by atoms with Crippen molar-refractivity contribution < 1.29 is 17.9 Å². The number of nitrogens with one attached hydrogen (secondary N) is 1. The van der Waals surface area contributed by atoms with Gasteiger partial charge in [-0.25, -0.2) is 8.42 Å². The number of morpholine rings is 1. The van der Waals surface area contributed by atoms with Crippen molar-refractivity contribution in [2.75, 3.05) is 33.4 Å². The molecule has 1 N–H and O–H groups in total. The minimum Gasteiger partial charge on any atom is -0.379 e. The lowest BCUT2D eigenvalue weighted by atomic mass is 10.4. The molecule has 0 radical (unpaired) electrons. The first-order valence-corrected chi connectivity index (χ1v) is 7.37. The van der Waals surface area contributed by atoms with Gasteiger partial charge in [0.15, 0.2) is 0 Å². The Morgan fingerprint density at radius 2 is 2.00 bits per heavy atom. The Kier molecular flexibility index (Phi) is 3.93. The summed E-state index contributed by atoms with van der Waals surface area (Å²) in [6.45, 7) is 1.47. The maximum absolute atomic E-state index is 12.4. The third-order valence-corrected chi connectivity index (χ3v) is 4.91. The molecular weight excluding hydrogens is 270 g/mol. The van der Waals surface area contributed by atoms with Crippen molar-refractivity contribution in [3.05, 3.63) is 18.0 Å². The molecule has 0 spiro atoms. The zero-order valence-corrected chi connectivity index (χ0v) is 11.7. The molecule has 0 bridgehead atoms. The van der Waals surface area contributed by atoms with E-state index < -0.39 is 10.0 Å². The van der Waals surface area contributed by atoms with Gasteiger partial charge in [-0.2, -0.15) is 4.31 Å². The van der Waals surface area contributed by atoms with Gasteiger partial charge in [0, 0.05) is 33.4 Å². The van der Waals surface area contributed by atoms with E-state index in [1.807, 2.05) is 0 Å². The number of ether oxygens (including phenoxy) is 1. The number of amides is 1. The molecule has 1 aliphatic heterocycles. The molecule has 2 rings (SSSR count). The topological polar surface area (TPSA) is 80.6 Å². The van der Waals surface area contributed by atoms with Crippen LogP contribution in [0.3, 0.4) is 0 Å². The van der Waals surface area contributed by atoms with E-state index in [-0.39, 0.29) is 10.8 Å². The fourth-order valence-corrected chi connectivity index (χ4v) is 3.44. The molecule has 2 heterocycles. The van der Waals surface area contributed by atoms with Crippen molar-refractivity contribution in [2.24, 2.45) is 7.05 Å². The Balaban J connectivity index is 2.33. The molecule has 7 nitrogen and oxygen atoms in total. The van der Waals surface area contributed by atoms with E-state index in [9.17, 15) is 13.2 Å². The summed E-state index contributed by atoms with van der Waals surface area (Å²) in [5.41, 5.74) is 0.314. The highest BCUT2D eigenvalue weighted by atomic mass is 32.2. The maximum Gasteiger partial charge on any atom is 0.267 e. The normalized spacial score (nSPS) is 17.4. The average molecular weight is 287 g/mol. The lowest BCUT2D eigenvalue weighted by Gasteiger charge is -2.25. The van der Waals surface area contributed by atoms with Crippen molar-refractivity contribution in [3.63, 3.8) is 0 Å². The SMILES string of the molecule is CNC(=O)c1cc(S(=O)(=O)N2CCOCC2)cn1C. The van der Waals surface area contributed by atoms with Crippen molar-refractivity contribution in [3.8, 4) is 0 Å². The first-order chi connectivity index (χ1) is 8.96. The van der Waals surface area contributed by atoms with Crippen LogP contribution < -0.4 is 5.32 Å². The number of carbonyl (C=O) groups excluding carboxylic acids is 1. The monoisotopic (exact) mass is 287 g/mol. The van der Waals surface area contributed by atoms with Crippen molar-refractivity contribution >= 4 is 15.9 Å². The number of hydrogen-bond acceptors (Lipinski definition) is 4. The predicted molar refractivity (Wildman–Crippen MR) is 68.4 cm³/mol. The van der Waals surface area contributed by atoms with Gasteiger partial charge in [-0.1, -0.05) is 0 Å². The van der Waals surface area contributed by atoms with Crippen molar-refractivity contribution in [1.82, 2.24) is 14.2 Å². The molecule has 19 heavy (non-hydrogen) atoms. The van der Waals surface area contributed by atoms with Gasteiger partial charge < -0.3 is 14.6 Å². The summed E-state index contributed by atoms with van der Waals surface area (Å²) in [5.74, 6) is -0.314. The fraction of sp³-hybridized carbons (Fsp3) is 0.545. The molecule has 0 aromatic carbocycles. The molecule has 1 amide bonds. The number of sulfonamides is 1. The van der Waals surface area contributed by atoms with Crippen molar-refractivity contribution in [2.45, 2.75) is 4.90 Å². The zero-order valence-electron chi connectivity index (χ0n) is 10.9. The Morgan fingerprint density at radius 1 is 1.37 bits per heavy atom. The summed E-state index contributed by atoms with van der Waals surface area (Å²) < 4.78 is 32.8. The van der Waals surface area contributed by atoms with Crippen LogP contribution in [-0.2, 0) is 21.8 Å². The second-order valence-corrected chi connectivity index (χ2v) is 6.21. The highest BCUT2D eigenvalue weighted by molar-refractivity contribution is 7.89. The second kappa shape index (κ2) is 5.32. The van der Waals surface area contributed by atoms with Gasteiger partial charge in [-0.15, -0.1) is 0 Å². The molecule has 1 aromatic heterocycles. The lowest BCUT2D eigenvalue weighted by Crippen LogP contribution is -2.40. The molecular formula is C11H17N3O4S. The van der Waals surface area contributed by atoms with Crippen LogP contribution in [0.25, 0.3) is 0 Å². The third kappa shape index (κ3) is 2.65. The van der Waals surface area contributed by atoms with Gasteiger partial charge in [0.25, 0.3) is 5.91 Å². The van der Waals surface area contributed by atoms with Crippen LogP contribution in [0.2, 0.25) is 0 Å². The summed E-state index contributed by atoms with van der Waals surface area (Å²) in [6, 6.07) is 1.39. The lowest BCUT2D eigenvalue weighted by molar-refractivity contribution is 0.0730. The number of rotatable bonds is 3.